The number of pyridine rings is 1. The van der Waals surface area contributed by atoms with Crippen molar-refractivity contribution in [3.05, 3.63) is 63.9 Å². The predicted octanol–water partition coefficient (Wildman–Crippen LogP) is 3.17. The summed E-state index contributed by atoms with van der Waals surface area (Å²) >= 11 is 12.0. The molecule has 2 rings (SSSR count). The topological polar surface area (TPSA) is 62.2 Å². The Morgan fingerprint density at radius 1 is 1.18 bits per heavy atom. The van der Waals surface area contributed by atoms with E-state index < -0.39 is 6.10 Å². The number of aliphatic hydroxyl groups excluding tert-OH is 1. The van der Waals surface area contributed by atoms with Gasteiger partial charge in [-0.3, -0.25) is 9.78 Å². The van der Waals surface area contributed by atoms with E-state index in [2.05, 4.69) is 10.3 Å². The molecule has 1 atom stereocenters. The highest BCUT2D eigenvalue weighted by molar-refractivity contribution is 6.36. The van der Waals surface area contributed by atoms with Crippen LogP contribution in [-0.4, -0.2) is 22.5 Å². The zero-order valence-corrected chi connectivity index (χ0v) is 13.3. The summed E-state index contributed by atoms with van der Waals surface area (Å²) in [5.41, 5.74) is 1.47. The minimum atomic E-state index is -0.939. The molecular weight excluding hydrogens is 323 g/mol. The van der Waals surface area contributed by atoms with Crippen LogP contribution in [0.25, 0.3) is 0 Å². The normalized spacial score (nSPS) is 12.0. The van der Waals surface area contributed by atoms with Gasteiger partial charge in [0.1, 0.15) is 0 Å². The lowest BCUT2D eigenvalue weighted by Crippen LogP contribution is -2.28. The van der Waals surface area contributed by atoms with Crippen molar-refractivity contribution in [2.45, 2.75) is 18.9 Å². The van der Waals surface area contributed by atoms with Gasteiger partial charge in [0, 0.05) is 41.0 Å². The van der Waals surface area contributed by atoms with Gasteiger partial charge in [0.2, 0.25) is 5.91 Å². The summed E-state index contributed by atoms with van der Waals surface area (Å²) in [5, 5.41) is 13.6. The van der Waals surface area contributed by atoms with Gasteiger partial charge >= 0.3 is 0 Å². The molecule has 1 aromatic carbocycles. The Kier molecular flexibility index (Phi) is 6.19. The molecule has 0 saturated heterocycles. The number of benzene rings is 1. The molecule has 6 heteroatoms. The number of aliphatic hydroxyl groups is 1. The molecule has 0 saturated carbocycles. The fourth-order valence-electron chi connectivity index (χ4n) is 2.04. The molecular formula is C16H16Cl2N2O2. The number of hydrogen-bond acceptors (Lipinski definition) is 3. The molecule has 4 nitrogen and oxygen atoms in total. The number of halogens is 2. The van der Waals surface area contributed by atoms with E-state index in [1.807, 2.05) is 12.1 Å². The maximum atomic E-state index is 11.8. The van der Waals surface area contributed by atoms with E-state index in [0.717, 1.165) is 5.56 Å². The molecule has 1 aromatic heterocycles. The molecule has 2 aromatic rings. The van der Waals surface area contributed by atoms with Gasteiger partial charge < -0.3 is 10.4 Å². The van der Waals surface area contributed by atoms with Crippen LogP contribution >= 0.6 is 23.2 Å². The standard InChI is InChI=1S/C16H16Cl2N2O2/c17-12-2-1-3-13(18)16(12)14(21)10-20-15(22)5-4-11-6-8-19-9-7-11/h1-3,6-9,14,21H,4-5,10H2,(H,20,22)/t14-/m1/s1. The Morgan fingerprint density at radius 2 is 1.82 bits per heavy atom. The first-order chi connectivity index (χ1) is 10.6. The Balaban J connectivity index is 1.83. The molecule has 22 heavy (non-hydrogen) atoms. The molecule has 0 aliphatic heterocycles. The predicted molar refractivity (Wildman–Crippen MR) is 87.0 cm³/mol. The summed E-state index contributed by atoms with van der Waals surface area (Å²) in [5.74, 6) is -0.140. The fraction of sp³-hybridized carbons (Fsp3) is 0.250. The van der Waals surface area contributed by atoms with Crippen LogP contribution in [0.15, 0.2) is 42.7 Å². The molecule has 0 aliphatic rings. The van der Waals surface area contributed by atoms with Crippen molar-refractivity contribution in [1.29, 1.82) is 0 Å². The average Bonchev–Trinajstić information content (AvgIpc) is 2.52. The lowest BCUT2D eigenvalue weighted by Gasteiger charge is -2.15. The van der Waals surface area contributed by atoms with Crippen molar-refractivity contribution in [3.8, 4) is 0 Å². The van der Waals surface area contributed by atoms with Gasteiger partial charge in [0.15, 0.2) is 0 Å². The second kappa shape index (κ2) is 8.13. The number of carbonyl (C=O) groups excluding carboxylic acids is 1. The third kappa shape index (κ3) is 4.70. The van der Waals surface area contributed by atoms with E-state index in [1.54, 1.807) is 30.6 Å². The van der Waals surface area contributed by atoms with Crippen LogP contribution in [0.5, 0.6) is 0 Å². The van der Waals surface area contributed by atoms with E-state index >= 15 is 0 Å². The molecule has 116 valence electrons. The van der Waals surface area contributed by atoms with Crippen molar-refractivity contribution in [2.75, 3.05) is 6.54 Å². The van der Waals surface area contributed by atoms with Gasteiger partial charge in [0.05, 0.1) is 6.10 Å². The summed E-state index contributed by atoms with van der Waals surface area (Å²) in [6.07, 6.45) is 3.41. The molecule has 2 N–H and O–H groups in total. The average molecular weight is 339 g/mol. The Labute approximate surface area is 139 Å². The van der Waals surface area contributed by atoms with Crippen LogP contribution in [-0.2, 0) is 11.2 Å². The van der Waals surface area contributed by atoms with Gasteiger partial charge in [-0.25, -0.2) is 0 Å². The van der Waals surface area contributed by atoms with Gasteiger partial charge in [-0.05, 0) is 36.2 Å². The van der Waals surface area contributed by atoms with Crippen molar-refractivity contribution in [2.24, 2.45) is 0 Å². The number of aryl methyl sites for hydroxylation is 1. The number of hydrogen-bond donors (Lipinski definition) is 2. The molecule has 0 fully saturated rings. The smallest absolute Gasteiger partial charge is 0.220 e. The van der Waals surface area contributed by atoms with Crippen molar-refractivity contribution < 1.29 is 9.90 Å². The van der Waals surface area contributed by atoms with Gasteiger partial charge in [-0.2, -0.15) is 0 Å². The van der Waals surface area contributed by atoms with Gasteiger partial charge in [-0.1, -0.05) is 29.3 Å². The van der Waals surface area contributed by atoms with E-state index in [9.17, 15) is 9.90 Å². The molecule has 0 spiro atoms. The number of aromatic nitrogens is 1. The SMILES string of the molecule is O=C(CCc1ccncc1)NC[C@@H](O)c1c(Cl)cccc1Cl. The van der Waals surface area contributed by atoms with Crippen LogP contribution in [0, 0.1) is 0 Å². The van der Waals surface area contributed by atoms with Crippen LogP contribution in [0.4, 0.5) is 0 Å². The zero-order valence-electron chi connectivity index (χ0n) is 11.8. The second-order valence-electron chi connectivity index (χ2n) is 4.81. The number of nitrogens with one attached hydrogen (secondary N) is 1. The number of rotatable bonds is 6. The summed E-state index contributed by atoms with van der Waals surface area (Å²) in [4.78, 5) is 15.7. The fourth-order valence-corrected chi connectivity index (χ4v) is 2.69. The Morgan fingerprint density at radius 3 is 2.45 bits per heavy atom. The highest BCUT2D eigenvalue weighted by Gasteiger charge is 2.16. The van der Waals surface area contributed by atoms with E-state index in [4.69, 9.17) is 23.2 Å². The van der Waals surface area contributed by atoms with Gasteiger partial charge in [0.25, 0.3) is 0 Å². The highest BCUT2D eigenvalue weighted by Crippen LogP contribution is 2.29. The van der Waals surface area contributed by atoms with E-state index in [1.165, 1.54) is 0 Å². The molecule has 1 amide bonds. The first-order valence-corrected chi connectivity index (χ1v) is 7.61. The summed E-state index contributed by atoms with van der Waals surface area (Å²) in [7, 11) is 0. The largest absolute Gasteiger partial charge is 0.386 e. The zero-order chi connectivity index (χ0) is 15.9. The Hall–Kier alpha value is -1.62. The Bertz CT molecular complexity index is 615. The molecule has 0 radical (unpaired) electrons. The summed E-state index contributed by atoms with van der Waals surface area (Å²) in [6, 6.07) is 8.74. The maximum Gasteiger partial charge on any atom is 0.220 e. The van der Waals surface area contributed by atoms with Crippen LogP contribution in [0.1, 0.15) is 23.7 Å². The molecule has 1 heterocycles. The first kappa shape index (κ1) is 16.7. The van der Waals surface area contributed by atoms with Crippen LogP contribution in [0.2, 0.25) is 10.0 Å². The molecule has 0 bridgehead atoms. The van der Waals surface area contributed by atoms with Crippen molar-refractivity contribution in [1.82, 2.24) is 10.3 Å². The summed E-state index contributed by atoms with van der Waals surface area (Å²) < 4.78 is 0. The minimum Gasteiger partial charge on any atom is -0.386 e. The first-order valence-electron chi connectivity index (χ1n) is 6.85. The monoisotopic (exact) mass is 338 g/mol. The van der Waals surface area contributed by atoms with Crippen molar-refractivity contribution >= 4 is 29.1 Å². The van der Waals surface area contributed by atoms with Gasteiger partial charge in [-0.15, -0.1) is 0 Å². The quantitative estimate of drug-likeness (QED) is 0.850. The van der Waals surface area contributed by atoms with Crippen LogP contribution in [0.3, 0.4) is 0 Å². The maximum absolute atomic E-state index is 11.8. The second-order valence-corrected chi connectivity index (χ2v) is 5.63. The number of amides is 1. The molecule has 0 aliphatic carbocycles. The third-order valence-electron chi connectivity index (χ3n) is 3.22. The number of nitrogens with zero attached hydrogens (tertiary/aromatic N) is 1. The minimum absolute atomic E-state index is 0.0681. The van der Waals surface area contributed by atoms with Crippen LogP contribution < -0.4 is 5.32 Å². The lowest BCUT2D eigenvalue weighted by atomic mass is 10.1. The summed E-state index contributed by atoms with van der Waals surface area (Å²) in [6.45, 7) is 0.0681. The lowest BCUT2D eigenvalue weighted by molar-refractivity contribution is -0.121. The number of carbonyl (C=O) groups is 1. The molecule has 0 unspecified atom stereocenters. The van der Waals surface area contributed by atoms with E-state index in [0.29, 0.717) is 28.5 Å². The third-order valence-corrected chi connectivity index (χ3v) is 3.87. The van der Waals surface area contributed by atoms with E-state index in [-0.39, 0.29) is 12.5 Å². The highest BCUT2D eigenvalue weighted by atomic mass is 35.5. The van der Waals surface area contributed by atoms with Crippen molar-refractivity contribution in [3.63, 3.8) is 0 Å².